The Morgan fingerprint density at radius 3 is 2.05 bits per heavy atom. The van der Waals surface area contributed by atoms with E-state index in [0.29, 0.717) is 5.41 Å². The summed E-state index contributed by atoms with van der Waals surface area (Å²) in [6.45, 7) is 9.32. The largest absolute Gasteiger partial charge is 0.316 e. The summed E-state index contributed by atoms with van der Waals surface area (Å²) in [6.07, 6.45) is 5.43. The van der Waals surface area contributed by atoms with E-state index in [-0.39, 0.29) is 0 Å². The number of hydrogen-bond acceptors (Lipinski definition) is 2. The molecule has 112 valence electrons. The maximum absolute atomic E-state index is 3.20. The second-order valence-corrected chi connectivity index (χ2v) is 6.33. The van der Waals surface area contributed by atoms with Gasteiger partial charge in [0.2, 0.25) is 0 Å². The van der Waals surface area contributed by atoms with Crippen LogP contribution in [0.5, 0.6) is 0 Å². The first kappa shape index (κ1) is 15.5. The lowest BCUT2D eigenvalue weighted by Gasteiger charge is -2.41. The van der Waals surface area contributed by atoms with Crippen molar-refractivity contribution in [1.82, 2.24) is 10.2 Å². The van der Waals surface area contributed by atoms with Crippen molar-refractivity contribution < 1.29 is 0 Å². The van der Waals surface area contributed by atoms with E-state index in [1.54, 1.807) is 0 Å². The van der Waals surface area contributed by atoms with E-state index < -0.39 is 0 Å². The van der Waals surface area contributed by atoms with Gasteiger partial charge in [-0.2, -0.15) is 0 Å². The SMILES string of the molecule is CCC1(CC)CCN(Cc2ccc(CNC)cc2)CC1. The van der Waals surface area contributed by atoms with Gasteiger partial charge in [0.1, 0.15) is 0 Å². The fraction of sp³-hybridized carbons (Fsp3) is 0.667. The minimum atomic E-state index is 0.632. The van der Waals surface area contributed by atoms with Crippen molar-refractivity contribution in [2.24, 2.45) is 5.41 Å². The molecule has 1 heterocycles. The number of benzene rings is 1. The van der Waals surface area contributed by atoms with Crippen molar-refractivity contribution in [2.45, 2.75) is 52.6 Å². The second kappa shape index (κ2) is 7.24. The molecule has 2 nitrogen and oxygen atoms in total. The molecule has 0 aliphatic carbocycles. The van der Waals surface area contributed by atoms with Crippen LogP contribution in [0.2, 0.25) is 0 Å². The Balaban J connectivity index is 1.86. The Morgan fingerprint density at radius 1 is 1.00 bits per heavy atom. The van der Waals surface area contributed by atoms with E-state index in [2.05, 4.69) is 48.3 Å². The van der Waals surface area contributed by atoms with Crippen LogP contribution in [0, 0.1) is 5.41 Å². The highest BCUT2D eigenvalue weighted by molar-refractivity contribution is 5.22. The summed E-state index contributed by atoms with van der Waals surface area (Å²) in [7, 11) is 2.00. The summed E-state index contributed by atoms with van der Waals surface area (Å²) in [5.74, 6) is 0. The van der Waals surface area contributed by atoms with Crippen LogP contribution >= 0.6 is 0 Å². The average Bonchev–Trinajstić information content (AvgIpc) is 2.51. The van der Waals surface area contributed by atoms with Crippen LogP contribution in [-0.2, 0) is 13.1 Å². The molecule has 0 saturated carbocycles. The summed E-state index contributed by atoms with van der Waals surface area (Å²) < 4.78 is 0. The molecule has 0 atom stereocenters. The summed E-state index contributed by atoms with van der Waals surface area (Å²) in [4.78, 5) is 2.62. The van der Waals surface area contributed by atoms with Crippen LogP contribution in [0.15, 0.2) is 24.3 Å². The quantitative estimate of drug-likeness (QED) is 0.848. The highest BCUT2D eigenvalue weighted by atomic mass is 15.1. The first-order valence-corrected chi connectivity index (χ1v) is 8.16. The van der Waals surface area contributed by atoms with Gasteiger partial charge in [-0.15, -0.1) is 0 Å². The van der Waals surface area contributed by atoms with Crippen LogP contribution in [0.25, 0.3) is 0 Å². The first-order chi connectivity index (χ1) is 9.71. The van der Waals surface area contributed by atoms with Crippen molar-refractivity contribution in [1.29, 1.82) is 0 Å². The molecule has 2 heteroatoms. The lowest BCUT2D eigenvalue weighted by atomic mass is 9.74. The van der Waals surface area contributed by atoms with Crippen molar-refractivity contribution in [3.8, 4) is 0 Å². The van der Waals surface area contributed by atoms with Gasteiger partial charge in [0.15, 0.2) is 0 Å². The third-order valence-electron chi connectivity index (χ3n) is 5.23. The second-order valence-electron chi connectivity index (χ2n) is 6.33. The van der Waals surface area contributed by atoms with Crippen molar-refractivity contribution >= 4 is 0 Å². The van der Waals surface area contributed by atoms with Gasteiger partial charge in [-0.3, -0.25) is 4.90 Å². The van der Waals surface area contributed by atoms with Crippen LogP contribution in [0.3, 0.4) is 0 Å². The molecule has 0 radical (unpaired) electrons. The molecule has 0 bridgehead atoms. The molecule has 20 heavy (non-hydrogen) atoms. The molecule has 0 amide bonds. The zero-order valence-electron chi connectivity index (χ0n) is 13.4. The van der Waals surface area contributed by atoms with E-state index in [0.717, 1.165) is 13.1 Å². The molecule has 0 spiro atoms. The highest BCUT2D eigenvalue weighted by Gasteiger charge is 2.30. The Kier molecular flexibility index (Phi) is 5.62. The Bertz CT molecular complexity index is 382. The maximum atomic E-state index is 3.20. The standard InChI is InChI=1S/C18H30N2/c1-4-18(5-2)10-12-20(13-11-18)15-17-8-6-16(7-9-17)14-19-3/h6-9,19H,4-5,10-15H2,1-3H3. The Hall–Kier alpha value is -0.860. The number of nitrogens with zero attached hydrogens (tertiary/aromatic N) is 1. The number of nitrogens with one attached hydrogen (secondary N) is 1. The summed E-state index contributed by atoms with van der Waals surface area (Å²) in [6, 6.07) is 9.07. The molecule has 1 saturated heterocycles. The van der Waals surface area contributed by atoms with E-state index >= 15 is 0 Å². The van der Waals surface area contributed by atoms with Crippen LogP contribution < -0.4 is 5.32 Å². The van der Waals surface area contributed by atoms with Gasteiger partial charge in [-0.25, -0.2) is 0 Å². The van der Waals surface area contributed by atoms with E-state index in [4.69, 9.17) is 0 Å². The van der Waals surface area contributed by atoms with Gasteiger partial charge >= 0.3 is 0 Å². The van der Waals surface area contributed by atoms with E-state index in [1.807, 2.05) is 7.05 Å². The Morgan fingerprint density at radius 2 is 1.55 bits per heavy atom. The van der Waals surface area contributed by atoms with Crippen molar-refractivity contribution in [3.05, 3.63) is 35.4 Å². The molecule has 1 fully saturated rings. The minimum absolute atomic E-state index is 0.632. The smallest absolute Gasteiger partial charge is 0.0233 e. The fourth-order valence-electron chi connectivity index (χ4n) is 3.37. The van der Waals surface area contributed by atoms with Gasteiger partial charge < -0.3 is 5.32 Å². The maximum Gasteiger partial charge on any atom is 0.0233 e. The van der Waals surface area contributed by atoms with Gasteiger partial charge in [-0.05, 0) is 49.5 Å². The molecular formula is C18H30N2. The average molecular weight is 274 g/mol. The van der Waals surface area contributed by atoms with Crippen LogP contribution in [0.1, 0.15) is 50.7 Å². The molecule has 1 N–H and O–H groups in total. The van der Waals surface area contributed by atoms with Crippen LogP contribution in [-0.4, -0.2) is 25.0 Å². The predicted molar refractivity (Wildman–Crippen MR) is 86.7 cm³/mol. The molecular weight excluding hydrogens is 244 g/mol. The van der Waals surface area contributed by atoms with Gasteiger partial charge in [-0.1, -0.05) is 51.0 Å². The molecule has 1 aromatic rings. The number of hydrogen-bond donors (Lipinski definition) is 1. The van der Waals surface area contributed by atoms with Gasteiger partial charge in [0.05, 0.1) is 0 Å². The molecule has 0 aromatic heterocycles. The van der Waals surface area contributed by atoms with Gasteiger partial charge in [0, 0.05) is 13.1 Å². The van der Waals surface area contributed by atoms with E-state index in [1.165, 1.54) is 49.9 Å². The first-order valence-electron chi connectivity index (χ1n) is 8.16. The van der Waals surface area contributed by atoms with Crippen molar-refractivity contribution in [2.75, 3.05) is 20.1 Å². The number of likely N-dealkylation sites (tertiary alicyclic amines) is 1. The topological polar surface area (TPSA) is 15.3 Å². The minimum Gasteiger partial charge on any atom is -0.316 e. The zero-order valence-corrected chi connectivity index (χ0v) is 13.4. The monoisotopic (exact) mass is 274 g/mol. The molecule has 1 aliphatic rings. The third kappa shape index (κ3) is 3.83. The molecule has 1 aromatic carbocycles. The summed E-state index contributed by atoms with van der Waals surface area (Å²) in [5, 5.41) is 3.20. The lowest BCUT2D eigenvalue weighted by molar-refractivity contribution is 0.0909. The van der Waals surface area contributed by atoms with E-state index in [9.17, 15) is 0 Å². The predicted octanol–water partition coefficient (Wildman–Crippen LogP) is 3.81. The van der Waals surface area contributed by atoms with Crippen molar-refractivity contribution in [3.63, 3.8) is 0 Å². The summed E-state index contributed by atoms with van der Waals surface area (Å²) in [5.41, 5.74) is 3.45. The highest BCUT2D eigenvalue weighted by Crippen LogP contribution is 2.38. The summed E-state index contributed by atoms with van der Waals surface area (Å²) >= 11 is 0. The molecule has 0 unspecified atom stereocenters. The van der Waals surface area contributed by atoms with Gasteiger partial charge in [0.25, 0.3) is 0 Å². The molecule has 2 rings (SSSR count). The third-order valence-corrected chi connectivity index (χ3v) is 5.23. The zero-order chi connectivity index (χ0) is 14.4. The Labute approximate surface area is 124 Å². The lowest BCUT2D eigenvalue weighted by Crippen LogP contribution is -2.39. The normalized spacial score (nSPS) is 19.1. The number of rotatable bonds is 6. The fourth-order valence-corrected chi connectivity index (χ4v) is 3.37. The molecule has 1 aliphatic heterocycles. The number of piperidine rings is 1. The van der Waals surface area contributed by atoms with Crippen LogP contribution in [0.4, 0.5) is 0 Å².